The van der Waals surface area contributed by atoms with Crippen molar-refractivity contribution in [2.24, 2.45) is 5.92 Å². The molecule has 0 bridgehead atoms. The predicted molar refractivity (Wildman–Crippen MR) is 78.0 cm³/mol. The summed E-state index contributed by atoms with van der Waals surface area (Å²) in [6, 6.07) is 0. The minimum Gasteiger partial charge on any atom is -0.469 e. The van der Waals surface area contributed by atoms with E-state index in [0.29, 0.717) is 25.0 Å². The van der Waals surface area contributed by atoms with E-state index in [0.717, 1.165) is 38.5 Å². The van der Waals surface area contributed by atoms with E-state index in [4.69, 9.17) is 4.74 Å². The van der Waals surface area contributed by atoms with Crippen LogP contribution in [0.3, 0.4) is 0 Å². The van der Waals surface area contributed by atoms with Gasteiger partial charge in [-0.2, -0.15) is 0 Å². The topological polar surface area (TPSA) is 43.4 Å². The van der Waals surface area contributed by atoms with Crippen molar-refractivity contribution in [1.29, 1.82) is 0 Å². The van der Waals surface area contributed by atoms with Gasteiger partial charge in [0.1, 0.15) is 5.78 Å². The number of esters is 1. The number of ether oxygens (including phenoxy) is 1. The van der Waals surface area contributed by atoms with E-state index in [9.17, 15) is 9.59 Å². The first kappa shape index (κ1) is 18.1. The lowest BCUT2D eigenvalue weighted by Gasteiger charge is -2.14. The Morgan fingerprint density at radius 3 is 2.16 bits per heavy atom. The van der Waals surface area contributed by atoms with Crippen LogP contribution in [0, 0.1) is 5.92 Å². The summed E-state index contributed by atoms with van der Waals surface area (Å²) < 4.78 is 4.72. The zero-order chi connectivity index (χ0) is 14.5. The molecule has 0 amide bonds. The highest BCUT2D eigenvalue weighted by molar-refractivity contribution is 5.79. The maximum absolute atomic E-state index is 11.9. The fourth-order valence-corrected chi connectivity index (χ4v) is 2.27. The summed E-state index contributed by atoms with van der Waals surface area (Å²) in [5, 5.41) is 0. The van der Waals surface area contributed by atoms with E-state index in [1.54, 1.807) is 0 Å². The molecule has 0 rings (SSSR count). The van der Waals surface area contributed by atoms with Crippen molar-refractivity contribution in [3.63, 3.8) is 0 Å². The number of rotatable bonds is 12. The number of unbranched alkanes of at least 4 members (excludes halogenated alkanes) is 4. The maximum atomic E-state index is 11.9. The van der Waals surface area contributed by atoms with Crippen LogP contribution in [0.5, 0.6) is 0 Å². The summed E-state index contributed by atoms with van der Waals surface area (Å²) in [4.78, 5) is 23.2. The highest BCUT2D eigenvalue weighted by atomic mass is 16.5. The molecule has 0 saturated heterocycles. The molecule has 19 heavy (non-hydrogen) atoms. The normalized spacial score (nSPS) is 12.2. The van der Waals surface area contributed by atoms with Gasteiger partial charge in [-0.25, -0.2) is 0 Å². The first-order valence-corrected chi connectivity index (χ1v) is 7.72. The lowest BCUT2D eigenvalue weighted by Crippen LogP contribution is -2.14. The van der Waals surface area contributed by atoms with E-state index in [1.807, 2.05) is 0 Å². The minimum absolute atomic E-state index is 0.174. The second-order valence-electron chi connectivity index (χ2n) is 5.34. The quantitative estimate of drug-likeness (QED) is 0.392. The molecule has 1 atom stereocenters. The second-order valence-corrected chi connectivity index (χ2v) is 5.34. The first-order valence-electron chi connectivity index (χ1n) is 7.72. The number of Topliss-reactive ketones (excluding diaryl/α,β-unsaturated/α-hetero) is 1. The Labute approximate surface area is 118 Å². The summed E-state index contributed by atoms with van der Waals surface area (Å²) in [5.74, 6) is 0.287. The fourth-order valence-electron chi connectivity index (χ4n) is 2.27. The minimum atomic E-state index is -0.192. The highest BCUT2D eigenvalue weighted by Crippen LogP contribution is 2.20. The van der Waals surface area contributed by atoms with Crippen LogP contribution in [0.1, 0.15) is 78.1 Å². The second kappa shape index (κ2) is 12.2. The molecule has 3 heteroatoms. The van der Waals surface area contributed by atoms with Crippen LogP contribution in [0.4, 0.5) is 0 Å². The Bertz CT molecular complexity index is 248. The van der Waals surface area contributed by atoms with Gasteiger partial charge in [-0.3, -0.25) is 9.59 Å². The van der Waals surface area contributed by atoms with E-state index < -0.39 is 0 Å². The summed E-state index contributed by atoms with van der Waals surface area (Å²) in [5.41, 5.74) is 0. The van der Waals surface area contributed by atoms with Crippen LogP contribution in [0.2, 0.25) is 0 Å². The largest absolute Gasteiger partial charge is 0.469 e. The summed E-state index contributed by atoms with van der Waals surface area (Å²) >= 11 is 0. The molecule has 3 nitrogen and oxygen atoms in total. The van der Waals surface area contributed by atoms with Crippen LogP contribution >= 0.6 is 0 Å². The molecule has 112 valence electrons. The third kappa shape index (κ3) is 10.7. The number of carbonyl (C=O) groups excluding carboxylic acids is 2. The lowest BCUT2D eigenvalue weighted by atomic mass is 9.91. The van der Waals surface area contributed by atoms with Gasteiger partial charge in [-0.05, 0) is 18.8 Å². The molecule has 0 aromatic carbocycles. The van der Waals surface area contributed by atoms with Gasteiger partial charge in [-0.1, -0.05) is 46.0 Å². The lowest BCUT2D eigenvalue weighted by molar-refractivity contribution is -0.141. The van der Waals surface area contributed by atoms with Crippen molar-refractivity contribution in [1.82, 2.24) is 0 Å². The standard InChI is InChI=1S/C16H30O3/c1-4-6-8-10-14(13-16(18)19-3)12-15(17)11-9-7-5-2/h14H,4-13H2,1-3H3/t14-/m1/s1. The van der Waals surface area contributed by atoms with Crippen LogP contribution in [-0.4, -0.2) is 18.9 Å². The van der Waals surface area contributed by atoms with Crippen LogP contribution in [0.25, 0.3) is 0 Å². The molecular weight excluding hydrogens is 240 g/mol. The van der Waals surface area contributed by atoms with Gasteiger partial charge in [0, 0.05) is 19.3 Å². The number of methoxy groups -OCH3 is 1. The molecule has 0 unspecified atom stereocenters. The third-order valence-electron chi connectivity index (χ3n) is 3.47. The molecule has 0 aromatic rings. The Morgan fingerprint density at radius 1 is 0.947 bits per heavy atom. The highest BCUT2D eigenvalue weighted by Gasteiger charge is 2.17. The van der Waals surface area contributed by atoms with E-state index in [2.05, 4.69) is 13.8 Å². The third-order valence-corrected chi connectivity index (χ3v) is 3.47. The zero-order valence-electron chi connectivity index (χ0n) is 12.9. The average molecular weight is 270 g/mol. The van der Waals surface area contributed by atoms with Gasteiger partial charge >= 0.3 is 5.97 Å². The van der Waals surface area contributed by atoms with Crippen molar-refractivity contribution in [2.75, 3.05) is 7.11 Å². The van der Waals surface area contributed by atoms with Crippen molar-refractivity contribution >= 4 is 11.8 Å². The molecule has 0 aliphatic heterocycles. The van der Waals surface area contributed by atoms with Crippen LogP contribution in [-0.2, 0) is 14.3 Å². The van der Waals surface area contributed by atoms with Gasteiger partial charge in [0.05, 0.1) is 7.11 Å². The Morgan fingerprint density at radius 2 is 1.58 bits per heavy atom. The molecule has 0 spiro atoms. The molecule has 0 N–H and O–H groups in total. The van der Waals surface area contributed by atoms with Gasteiger partial charge in [-0.15, -0.1) is 0 Å². The summed E-state index contributed by atoms with van der Waals surface area (Å²) in [6.07, 6.45) is 9.22. The maximum Gasteiger partial charge on any atom is 0.305 e. The van der Waals surface area contributed by atoms with Crippen LogP contribution in [0.15, 0.2) is 0 Å². The average Bonchev–Trinajstić information content (AvgIpc) is 2.39. The molecule has 0 fully saturated rings. The monoisotopic (exact) mass is 270 g/mol. The van der Waals surface area contributed by atoms with Crippen LogP contribution < -0.4 is 0 Å². The van der Waals surface area contributed by atoms with Gasteiger partial charge < -0.3 is 4.74 Å². The molecule has 0 radical (unpaired) electrons. The number of carbonyl (C=O) groups is 2. The van der Waals surface area contributed by atoms with E-state index in [-0.39, 0.29) is 11.9 Å². The molecule has 0 aliphatic rings. The summed E-state index contributed by atoms with van der Waals surface area (Å²) in [7, 11) is 1.41. The van der Waals surface area contributed by atoms with E-state index >= 15 is 0 Å². The van der Waals surface area contributed by atoms with Gasteiger partial charge in [0.25, 0.3) is 0 Å². The molecule has 0 aromatic heterocycles. The van der Waals surface area contributed by atoms with Crippen molar-refractivity contribution in [3.05, 3.63) is 0 Å². The Hall–Kier alpha value is -0.860. The van der Waals surface area contributed by atoms with E-state index in [1.165, 1.54) is 13.5 Å². The molecule has 0 heterocycles. The molecule has 0 saturated carbocycles. The van der Waals surface area contributed by atoms with Crippen molar-refractivity contribution in [2.45, 2.75) is 78.1 Å². The smallest absolute Gasteiger partial charge is 0.305 e. The summed E-state index contributed by atoms with van der Waals surface area (Å²) in [6.45, 7) is 4.29. The Balaban J connectivity index is 4.07. The fraction of sp³-hybridized carbons (Fsp3) is 0.875. The number of hydrogen-bond donors (Lipinski definition) is 0. The molecular formula is C16H30O3. The Kier molecular flexibility index (Phi) is 11.6. The molecule has 0 aliphatic carbocycles. The SMILES string of the molecule is CCCCCC(=O)C[C@@H](CCCCC)CC(=O)OC. The van der Waals surface area contributed by atoms with Crippen molar-refractivity contribution in [3.8, 4) is 0 Å². The van der Waals surface area contributed by atoms with Crippen molar-refractivity contribution < 1.29 is 14.3 Å². The number of ketones is 1. The number of hydrogen-bond acceptors (Lipinski definition) is 3. The zero-order valence-corrected chi connectivity index (χ0v) is 12.9. The predicted octanol–water partition coefficient (Wildman–Crippen LogP) is 4.29. The first-order chi connectivity index (χ1) is 9.13. The van der Waals surface area contributed by atoms with Gasteiger partial charge in [0.2, 0.25) is 0 Å². The van der Waals surface area contributed by atoms with Gasteiger partial charge in [0.15, 0.2) is 0 Å².